The van der Waals surface area contributed by atoms with Gasteiger partial charge in [-0.25, -0.2) is 0 Å². The standard InChI is InChI=1S/C15H13NO3/c1-11(13-4-8-15(17)9-5-13)10-12-2-6-14(7-3-12)16(18)19/h2-10,17H,1H3. The number of nitrogens with zero attached hydrogens (tertiary/aromatic N) is 1. The fourth-order valence-electron chi connectivity index (χ4n) is 1.75. The van der Waals surface area contributed by atoms with Gasteiger partial charge >= 0.3 is 0 Å². The van der Waals surface area contributed by atoms with E-state index in [-0.39, 0.29) is 11.4 Å². The molecule has 0 saturated heterocycles. The van der Waals surface area contributed by atoms with Crippen LogP contribution >= 0.6 is 0 Å². The maximum atomic E-state index is 10.6. The van der Waals surface area contributed by atoms with Crippen molar-refractivity contribution < 1.29 is 10.0 Å². The van der Waals surface area contributed by atoms with Crippen LogP contribution in [0, 0.1) is 10.1 Å². The molecule has 19 heavy (non-hydrogen) atoms. The summed E-state index contributed by atoms with van der Waals surface area (Å²) in [6, 6.07) is 13.3. The summed E-state index contributed by atoms with van der Waals surface area (Å²) >= 11 is 0. The molecule has 0 radical (unpaired) electrons. The molecular formula is C15H13NO3. The highest BCUT2D eigenvalue weighted by atomic mass is 16.6. The molecule has 0 spiro atoms. The van der Waals surface area contributed by atoms with Crippen molar-refractivity contribution in [1.29, 1.82) is 0 Å². The Bertz CT molecular complexity index is 613. The molecule has 0 atom stereocenters. The highest BCUT2D eigenvalue weighted by Crippen LogP contribution is 2.21. The highest BCUT2D eigenvalue weighted by molar-refractivity contribution is 5.80. The number of nitro benzene ring substituents is 1. The van der Waals surface area contributed by atoms with Crippen LogP contribution in [0.3, 0.4) is 0 Å². The van der Waals surface area contributed by atoms with Crippen molar-refractivity contribution in [1.82, 2.24) is 0 Å². The van der Waals surface area contributed by atoms with Crippen molar-refractivity contribution in [2.75, 3.05) is 0 Å². The molecule has 0 amide bonds. The van der Waals surface area contributed by atoms with E-state index in [0.717, 1.165) is 16.7 Å². The smallest absolute Gasteiger partial charge is 0.269 e. The number of aromatic hydroxyl groups is 1. The van der Waals surface area contributed by atoms with E-state index in [9.17, 15) is 15.2 Å². The maximum absolute atomic E-state index is 10.6. The lowest BCUT2D eigenvalue weighted by Crippen LogP contribution is -1.87. The Labute approximate surface area is 110 Å². The average Bonchev–Trinajstić information content (AvgIpc) is 2.40. The molecule has 0 saturated carbocycles. The van der Waals surface area contributed by atoms with Crippen LogP contribution in [0.15, 0.2) is 48.5 Å². The van der Waals surface area contributed by atoms with Gasteiger partial charge in [0.25, 0.3) is 5.69 Å². The molecule has 0 aliphatic carbocycles. The Hall–Kier alpha value is -2.62. The third kappa shape index (κ3) is 3.19. The third-order valence-electron chi connectivity index (χ3n) is 2.81. The molecule has 0 aromatic heterocycles. The first-order valence-electron chi connectivity index (χ1n) is 5.78. The van der Waals surface area contributed by atoms with Crippen LogP contribution in [0.1, 0.15) is 18.1 Å². The Morgan fingerprint density at radius 3 is 2.21 bits per heavy atom. The molecule has 0 bridgehead atoms. The molecule has 2 aromatic rings. The van der Waals surface area contributed by atoms with Gasteiger partial charge in [-0.15, -0.1) is 0 Å². The second kappa shape index (κ2) is 5.35. The van der Waals surface area contributed by atoms with E-state index < -0.39 is 4.92 Å². The second-order valence-electron chi connectivity index (χ2n) is 4.22. The van der Waals surface area contributed by atoms with Crippen molar-refractivity contribution in [3.05, 3.63) is 69.8 Å². The quantitative estimate of drug-likeness (QED) is 0.514. The average molecular weight is 255 g/mol. The van der Waals surface area contributed by atoms with Crippen LogP contribution in [0.4, 0.5) is 5.69 Å². The van der Waals surface area contributed by atoms with Crippen LogP contribution in [0.2, 0.25) is 0 Å². The molecule has 96 valence electrons. The molecule has 0 aliphatic heterocycles. The van der Waals surface area contributed by atoms with Crippen molar-refractivity contribution in [2.45, 2.75) is 6.92 Å². The number of nitro groups is 1. The summed E-state index contributed by atoms with van der Waals surface area (Å²) in [4.78, 5) is 10.1. The van der Waals surface area contributed by atoms with E-state index in [0.29, 0.717) is 0 Å². The van der Waals surface area contributed by atoms with Crippen molar-refractivity contribution >= 4 is 17.3 Å². The fraction of sp³-hybridized carbons (Fsp3) is 0.0667. The van der Waals surface area contributed by atoms with Crippen molar-refractivity contribution in [3.63, 3.8) is 0 Å². The predicted molar refractivity (Wildman–Crippen MR) is 74.7 cm³/mol. The molecule has 0 aliphatic rings. The van der Waals surface area contributed by atoms with Crippen LogP contribution in [-0.4, -0.2) is 10.0 Å². The summed E-state index contributed by atoms with van der Waals surface area (Å²) in [6.45, 7) is 1.95. The number of non-ortho nitro benzene ring substituents is 1. The Morgan fingerprint density at radius 2 is 1.68 bits per heavy atom. The van der Waals surface area contributed by atoms with E-state index >= 15 is 0 Å². The van der Waals surface area contributed by atoms with Gasteiger partial charge in [-0.05, 0) is 47.9 Å². The zero-order valence-corrected chi connectivity index (χ0v) is 10.4. The third-order valence-corrected chi connectivity index (χ3v) is 2.81. The molecule has 0 fully saturated rings. The van der Waals surface area contributed by atoms with Crippen LogP contribution in [-0.2, 0) is 0 Å². The van der Waals surface area contributed by atoms with Crippen molar-refractivity contribution in [3.8, 4) is 5.75 Å². The molecule has 1 N–H and O–H groups in total. The van der Waals surface area contributed by atoms with Crippen LogP contribution < -0.4 is 0 Å². The first kappa shape index (κ1) is 12.8. The van der Waals surface area contributed by atoms with E-state index in [4.69, 9.17) is 0 Å². The normalized spacial score (nSPS) is 11.3. The summed E-state index contributed by atoms with van der Waals surface area (Å²) in [7, 11) is 0. The van der Waals surface area contributed by atoms with Gasteiger partial charge in [0.15, 0.2) is 0 Å². The number of phenolic OH excluding ortho intramolecular Hbond substituents is 1. The summed E-state index contributed by atoms with van der Waals surface area (Å²) < 4.78 is 0. The lowest BCUT2D eigenvalue weighted by molar-refractivity contribution is -0.384. The van der Waals surface area contributed by atoms with Gasteiger partial charge in [-0.2, -0.15) is 0 Å². The monoisotopic (exact) mass is 255 g/mol. The minimum Gasteiger partial charge on any atom is -0.508 e. The molecule has 2 rings (SSSR count). The SMILES string of the molecule is CC(=Cc1ccc([N+](=O)[O-])cc1)c1ccc(O)cc1. The lowest BCUT2D eigenvalue weighted by atomic mass is 10.0. The number of hydrogen-bond acceptors (Lipinski definition) is 3. The van der Waals surface area contributed by atoms with E-state index in [1.54, 1.807) is 24.3 Å². The number of allylic oxidation sites excluding steroid dienone is 1. The summed E-state index contributed by atoms with van der Waals surface area (Å²) in [5.41, 5.74) is 3.00. The van der Waals surface area contributed by atoms with Gasteiger partial charge in [0.2, 0.25) is 0 Å². The van der Waals surface area contributed by atoms with Crippen LogP contribution in [0.5, 0.6) is 5.75 Å². The topological polar surface area (TPSA) is 63.4 Å². The number of benzene rings is 2. The van der Waals surface area contributed by atoms with Gasteiger partial charge < -0.3 is 5.11 Å². The molecular weight excluding hydrogens is 242 g/mol. The summed E-state index contributed by atoms with van der Waals surface area (Å²) in [5.74, 6) is 0.229. The Balaban J connectivity index is 2.25. The fourth-order valence-corrected chi connectivity index (χ4v) is 1.75. The predicted octanol–water partition coefficient (Wildman–Crippen LogP) is 3.86. The largest absolute Gasteiger partial charge is 0.508 e. The lowest BCUT2D eigenvalue weighted by Gasteiger charge is -2.02. The van der Waals surface area contributed by atoms with Crippen molar-refractivity contribution in [2.24, 2.45) is 0 Å². The number of hydrogen-bond donors (Lipinski definition) is 1. The molecule has 2 aromatic carbocycles. The Morgan fingerprint density at radius 1 is 1.11 bits per heavy atom. The van der Waals surface area contributed by atoms with E-state index in [2.05, 4.69) is 0 Å². The van der Waals surface area contributed by atoms with Crippen LogP contribution in [0.25, 0.3) is 11.6 Å². The molecule has 0 heterocycles. The zero-order chi connectivity index (χ0) is 13.8. The molecule has 4 heteroatoms. The first-order valence-corrected chi connectivity index (χ1v) is 5.78. The number of rotatable bonds is 3. The van der Waals surface area contributed by atoms with Gasteiger partial charge in [0, 0.05) is 12.1 Å². The number of phenols is 1. The minimum absolute atomic E-state index is 0.0828. The molecule has 0 unspecified atom stereocenters. The van der Waals surface area contributed by atoms with E-state index in [1.165, 1.54) is 12.1 Å². The zero-order valence-electron chi connectivity index (χ0n) is 10.4. The van der Waals surface area contributed by atoms with Gasteiger partial charge in [-0.1, -0.05) is 18.2 Å². The van der Waals surface area contributed by atoms with E-state index in [1.807, 2.05) is 25.1 Å². The summed E-state index contributed by atoms with van der Waals surface area (Å²) in [6.07, 6.45) is 1.94. The maximum Gasteiger partial charge on any atom is 0.269 e. The highest BCUT2D eigenvalue weighted by Gasteiger charge is 2.03. The molecule has 4 nitrogen and oxygen atoms in total. The van der Waals surface area contributed by atoms with Gasteiger partial charge in [0.1, 0.15) is 5.75 Å². The first-order chi connectivity index (χ1) is 9.06. The Kier molecular flexibility index (Phi) is 3.61. The van der Waals surface area contributed by atoms with Gasteiger partial charge in [0.05, 0.1) is 4.92 Å². The summed E-state index contributed by atoms with van der Waals surface area (Å²) in [5, 5.41) is 19.8. The second-order valence-corrected chi connectivity index (χ2v) is 4.22. The minimum atomic E-state index is -0.416. The van der Waals surface area contributed by atoms with Gasteiger partial charge in [-0.3, -0.25) is 10.1 Å².